The number of nitrogens with zero attached hydrogens (tertiary/aromatic N) is 3. The molecule has 0 radical (unpaired) electrons. The zero-order chi connectivity index (χ0) is 18.3. The molecule has 0 N–H and O–H groups in total. The lowest BCUT2D eigenvalue weighted by atomic mass is 9.92. The van der Waals surface area contributed by atoms with E-state index < -0.39 is 0 Å². The lowest BCUT2D eigenvalue weighted by molar-refractivity contribution is -0.130. The number of rotatable bonds is 5. The lowest BCUT2D eigenvalue weighted by Gasteiger charge is -2.34. The summed E-state index contributed by atoms with van der Waals surface area (Å²) in [6.45, 7) is 9.33. The van der Waals surface area contributed by atoms with E-state index in [0.29, 0.717) is 11.5 Å². The van der Waals surface area contributed by atoms with Crippen LogP contribution in [0.5, 0.6) is 0 Å². The van der Waals surface area contributed by atoms with Crippen LogP contribution in [0.1, 0.15) is 49.1 Å². The number of thiophene rings is 1. The van der Waals surface area contributed by atoms with Crippen LogP contribution in [-0.4, -0.2) is 39.8 Å². The van der Waals surface area contributed by atoms with Crippen molar-refractivity contribution < 1.29 is 9.21 Å². The Kier molecular flexibility index (Phi) is 4.65. The molecule has 1 aliphatic heterocycles. The lowest BCUT2D eigenvalue weighted by Crippen LogP contribution is -2.39. The van der Waals surface area contributed by atoms with Gasteiger partial charge in [-0.05, 0) is 74.0 Å². The molecule has 2 aromatic rings. The van der Waals surface area contributed by atoms with Gasteiger partial charge in [-0.1, -0.05) is 0 Å². The molecule has 6 heteroatoms. The molecule has 2 fully saturated rings. The molecule has 2 aromatic heterocycles. The molecule has 1 unspecified atom stereocenters. The number of carbonyl (C=O) groups excluding carboxylic acids is 1. The largest absolute Gasteiger partial charge is 0.444 e. The van der Waals surface area contributed by atoms with Crippen molar-refractivity contribution in [2.45, 2.75) is 59.2 Å². The number of oxazole rings is 1. The summed E-state index contributed by atoms with van der Waals surface area (Å²) in [4.78, 5) is 21.2. The van der Waals surface area contributed by atoms with Crippen LogP contribution in [0.25, 0.3) is 0 Å². The summed E-state index contributed by atoms with van der Waals surface area (Å²) in [6.07, 6.45) is 3.47. The zero-order valence-electron chi connectivity index (χ0n) is 15.8. The molecule has 0 bridgehead atoms. The molecule has 5 nitrogen and oxygen atoms in total. The summed E-state index contributed by atoms with van der Waals surface area (Å²) in [5.74, 6) is 1.94. The number of piperidine rings is 1. The molecule has 2 aliphatic rings. The molecule has 1 saturated carbocycles. The van der Waals surface area contributed by atoms with Gasteiger partial charge in [-0.25, -0.2) is 4.98 Å². The molecule has 1 amide bonds. The molecule has 1 spiro atoms. The summed E-state index contributed by atoms with van der Waals surface area (Å²) >= 11 is 1.70. The fraction of sp³-hybridized carbons (Fsp3) is 0.600. The molecule has 1 atom stereocenters. The summed E-state index contributed by atoms with van der Waals surface area (Å²) in [7, 11) is 0. The van der Waals surface area contributed by atoms with E-state index in [1.807, 2.05) is 13.8 Å². The Morgan fingerprint density at radius 2 is 2.19 bits per heavy atom. The third kappa shape index (κ3) is 3.45. The van der Waals surface area contributed by atoms with Crippen LogP contribution in [0, 0.1) is 19.3 Å². The van der Waals surface area contributed by atoms with E-state index >= 15 is 0 Å². The summed E-state index contributed by atoms with van der Waals surface area (Å²) < 4.78 is 5.73. The van der Waals surface area contributed by atoms with Crippen molar-refractivity contribution in [1.82, 2.24) is 14.8 Å². The van der Waals surface area contributed by atoms with Crippen molar-refractivity contribution in [3.8, 4) is 0 Å². The number of hydrogen-bond donors (Lipinski definition) is 0. The third-order valence-electron chi connectivity index (χ3n) is 6.14. The standard InChI is InChI=1S/C20H27N3O2S/c1-14-15(2)25-19(21-14)12-22-7-5-20(6-8-22)10-18(20)23(16(3)24)11-17-4-9-26-13-17/h4,9,13,18H,5-8,10-12H2,1-3H3. The van der Waals surface area contributed by atoms with Crippen molar-refractivity contribution in [2.75, 3.05) is 13.1 Å². The van der Waals surface area contributed by atoms with Gasteiger partial charge in [0.25, 0.3) is 0 Å². The minimum absolute atomic E-state index is 0.200. The van der Waals surface area contributed by atoms with Gasteiger partial charge in [-0.3, -0.25) is 9.69 Å². The van der Waals surface area contributed by atoms with Crippen LogP contribution >= 0.6 is 11.3 Å². The van der Waals surface area contributed by atoms with Gasteiger partial charge < -0.3 is 9.32 Å². The smallest absolute Gasteiger partial charge is 0.220 e. The monoisotopic (exact) mass is 373 g/mol. The summed E-state index contributed by atoms with van der Waals surface area (Å²) in [6, 6.07) is 2.53. The zero-order valence-corrected chi connectivity index (χ0v) is 16.6. The van der Waals surface area contributed by atoms with Crippen molar-refractivity contribution >= 4 is 17.2 Å². The van der Waals surface area contributed by atoms with Gasteiger partial charge in [0.15, 0.2) is 0 Å². The number of hydrogen-bond acceptors (Lipinski definition) is 5. The molecule has 3 heterocycles. The normalized spacial score (nSPS) is 21.9. The van der Waals surface area contributed by atoms with Crippen LogP contribution in [0.3, 0.4) is 0 Å². The average molecular weight is 374 g/mol. The van der Waals surface area contributed by atoms with Crippen molar-refractivity contribution in [1.29, 1.82) is 0 Å². The quantitative estimate of drug-likeness (QED) is 0.801. The molecule has 0 aromatic carbocycles. The average Bonchev–Trinajstić information content (AvgIpc) is 2.93. The van der Waals surface area contributed by atoms with E-state index in [4.69, 9.17) is 4.42 Å². The number of likely N-dealkylation sites (tertiary alicyclic amines) is 1. The predicted molar refractivity (Wildman–Crippen MR) is 102 cm³/mol. The minimum atomic E-state index is 0.200. The molecule has 140 valence electrons. The highest BCUT2D eigenvalue weighted by Gasteiger charge is 2.58. The van der Waals surface area contributed by atoms with Gasteiger partial charge in [0, 0.05) is 19.5 Å². The fourth-order valence-electron chi connectivity index (χ4n) is 4.28. The second kappa shape index (κ2) is 6.82. The van der Waals surface area contributed by atoms with Gasteiger partial charge in [-0.15, -0.1) is 0 Å². The van der Waals surface area contributed by atoms with Gasteiger partial charge in [0.1, 0.15) is 5.76 Å². The van der Waals surface area contributed by atoms with E-state index in [1.54, 1.807) is 18.3 Å². The summed E-state index contributed by atoms with van der Waals surface area (Å²) in [5.41, 5.74) is 2.57. The first-order chi connectivity index (χ1) is 12.5. The Balaban J connectivity index is 1.34. The maximum atomic E-state index is 12.2. The van der Waals surface area contributed by atoms with Crippen LogP contribution in [0.2, 0.25) is 0 Å². The van der Waals surface area contributed by atoms with E-state index in [0.717, 1.165) is 62.8 Å². The summed E-state index contributed by atoms with van der Waals surface area (Å²) in [5, 5.41) is 4.23. The van der Waals surface area contributed by atoms with E-state index in [9.17, 15) is 4.79 Å². The Bertz CT molecular complexity index is 756. The van der Waals surface area contributed by atoms with E-state index in [1.165, 1.54) is 5.56 Å². The topological polar surface area (TPSA) is 49.6 Å². The minimum Gasteiger partial charge on any atom is -0.444 e. The van der Waals surface area contributed by atoms with Crippen LogP contribution < -0.4 is 0 Å². The first-order valence-electron chi connectivity index (χ1n) is 9.40. The SMILES string of the molecule is CC(=O)N(Cc1ccsc1)C1CC12CCN(Cc1nc(C)c(C)o1)CC2. The Labute approximate surface area is 159 Å². The molecule has 1 saturated heterocycles. The Morgan fingerprint density at radius 3 is 2.77 bits per heavy atom. The maximum Gasteiger partial charge on any atom is 0.220 e. The highest BCUT2D eigenvalue weighted by molar-refractivity contribution is 7.07. The predicted octanol–water partition coefficient (Wildman–Crippen LogP) is 3.76. The van der Waals surface area contributed by atoms with Crippen molar-refractivity contribution in [2.24, 2.45) is 5.41 Å². The van der Waals surface area contributed by atoms with Crippen LogP contribution in [0.4, 0.5) is 0 Å². The van der Waals surface area contributed by atoms with Crippen LogP contribution in [-0.2, 0) is 17.9 Å². The van der Waals surface area contributed by atoms with Gasteiger partial charge in [0.2, 0.25) is 11.8 Å². The molecule has 26 heavy (non-hydrogen) atoms. The molecular formula is C20H27N3O2S. The van der Waals surface area contributed by atoms with Gasteiger partial charge >= 0.3 is 0 Å². The first-order valence-corrected chi connectivity index (χ1v) is 10.3. The van der Waals surface area contributed by atoms with E-state index in [2.05, 4.69) is 31.6 Å². The fourth-order valence-corrected chi connectivity index (χ4v) is 4.94. The second-order valence-corrected chi connectivity index (χ2v) is 8.67. The number of aryl methyl sites for hydroxylation is 2. The van der Waals surface area contributed by atoms with Gasteiger partial charge in [0.05, 0.1) is 12.2 Å². The van der Waals surface area contributed by atoms with E-state index in [-0.39, 0.29) is 5.91 Å². The molecular weight excluding hydrogens is 346 g/mol. The number of amides is 1. The highest BCUT2D eigenvalue weighted by Crippen LogP contribution is 2.57. The highest BCUT2D eigenvalue weighted by atomic mass is 32.1. The van der Waals surface area contributed by atoms with Gasteiger partial charge in [-0.2, -0.15) is 11.3 Å². The maximum absolute atomic E-state index is 12.2. The van der Waals surface area contributed by atoms with Crippen LogP contribution in [0.15, 0.2) is 21.2 Å². The first kappa shape index (κ1) is 17.7. The number of carbonyl (C=O) groups is 1. The van der Waals surface area contributed by atoms with Crippen molar-refractivity contribution in [3.63, 3.8) is 0 Å². The second-order valence-electron chi connectivity index (χ2n) is 7.89. The molecule has 1 aliphatic carbocycles. The number of aromatic nitrogens is 1. The Hall–Kier alpha value is -1.66. The van der Waals surface area contributed by atoms with Crippen molar-refractivity contribution in [3.05, 3.63) is 39.7 Å². The molecule has 4 rings (SSSR count). The Morgan fingerprint density at radius 1 is 1.42 bits per heavy atom. The third-order valence-corrected chi connectivity index (χ3v) is 6.88.